The van der Waals surface area contributed by atoms with Crippen LogP contribution in [-0.2, 0) is 0 Å². The van der Waals surface area contributed by atoms with Crippen LogP contribution in [0, 0.1) is 0 Å². The zero-order chi connectivity index (χ0) is 30.2. The molecule has 10 aromatic rings. The van der Waals surface area contributed by atoms with E-state index in [9.17, 15) is 0 Å². The van der Waals surface area contributed by atoms with E-state index in [1.807, 2.05) is 11.3 Å². The minimum Gasteiger partial charge on any atom is -0.455 e. The van der Waals surface area contributed by atoms with Gasteiger partial charge in [-0.2, -0.15) is 0 Å². The molecule has 0 unspecified atom stereocenters. The van der Waals surface area contributed by atoms with Crippen LogP contribution >= 0.6 is 11.3 Å². The molecule has 10 rings (SSSR count). The number of hydrogen-bond acceptors (Lipinski definition) is 2. The van der Waals surface area contributed by atoms with Crippen molar-refractivity contribution in [2.24, 2.45) is 0 Å². The molecule has 0 N–H and O–H groups in total. The SMILES string of the molecule is c1ccc(-c2ccc(-c3c4ccccc4c(-c4ccc5ccccc5c4)c4oc5ccccc5c34)c3sc4ccccc4c23)cc1. The molecule has 2 heterocycles. The summed E-state index contributed by atoms with van der Waals surface area (Å²) in [7, 11) is 0. The van der Waals surface area contributed by atoms with Crippen molar-refractivity contribution in [1.29, 1.82) is 0 Å². The fourth-order valence-electron chi connectivity index (χ4n) is 7.44. The number of furan rings is 1. The Bertz CT molecular complexity index is 2800. The van der Waals surface area contributed by atoms with E-state index in [2.05, 4.69) is 158 Å². The summed E-state index contributed by atoms with van der Waals surface area (Å²) in [5.41, 5.74) is 9.13. The maximum Gasteiger partial charge on any atom is 0.144 e. The van der Waals surface area contributed by atoms with Gasteiger partial charge in [0.1, 0.15) is 11.2 Å². The van der Waals surface area contributed by atoms with Gasteiger partial charge < -0.3 is 4.42 Å². The van der Waals surface area contributed by atoms with Crippen LogP contribution in [-0.4, -0.2) is 0 Å². The molecule has 0 atom stereocenters. The van der Waals surface area contributed by atoms with E-state index < -0.39 is 0 Å². The molecule has 8 aromatic carbocycles. The van der Waals surface area contributed by atoms with Crippen molar-refractivity contribution in [3.8, 4) is 33.4 Å². The Balaban J connectivity index is 1.39. The Morgan fingerprint density at radius 3 is 1.91 bits per heavy atom. The molecule has 2 heteroatoms. The van der Waals surface area contributed by atoms with Crippen LogP contribution in [0.2, 0.25) is 0 Å². The molecule has 46 heavy (non-hydrogen) atoms. The smallest absolute Gasteiger partial charge is 0.144 e. The summed E-state index contributed by atoms with van der Waals surface area (Å²) in [4.78, 5) is 0. The van der Waals surface area contributed by atoms with Crippen LogP contribution in [0.5, 0.6) is 0 Å². The van der Waals surface area contributed by atoms with Crippen LogP contribution in [0.1, 0.15) is 0 Å². The molecule has 0 saturated heterocycles. The summed E-state index contributed by atoms with van der Waals surface area (Å²) in [6.45, 7) is 0. The van der Waals surface area contributed by atoms with Gasteiger partial charge in [0.2, 0.25) is 0 Å². The average Bonchev–Trinajstić information content (AvgIpc) is 3.70. The van der Waals surface area contributed by atoms with E-state index in [1.54, 1.807) is 0 Å². The standard InChI is InChI=1S/C44H26OS/c1-2-13-28(14-3-1)31-24-25-36(44-41(31)35-19-9-11-21-38(35)46-44)40-33-17-7-6-16-32(33)39(30-23-22-27-12-4-5-15-29(27)26-30)43-42(40)34-18-8-10-20-37(34)45-43/h1-26H. The molecule has 0 radical (unpaired) electrons. The second kappa shape index (κ2) is 9.90. The van der Waals surface area contributed by atoms with Crippen molar-refractivity contribution in [3.63, 3.8) is 0 Å². The Hall–Kier alpha value is -5.70. The monoisotopic (exact) mass is 602 g/mol. The van der Waals surface area contributed by atoms with Gasteiger partial charge in [0.25, 0.3) is 0 Å². The zero-order valence-electron chi connectivity index (χ0n) is 24.8. The zero-order valence-corrected chi connectivity index (χ0v) is 25.6. The first kappa shape index (κ1) is 25.6. The van der Waals surface area contributed by atoms with Crippen LogP contribution in [0.3, 0.4) is 0 Å². The molecule has 0 aliphatic carbocycles. The van der Waals surface area contributed by atoms with Crippen LogP contribution in [0.15, 0.2) is 162 Å². The summed E-state index contributed by atoms with van der Waals surface area (Å²) in [5.74, 6) is 0. The highest BCUT2D eigenvalue weighted by Gasteiger charge is 2.25. The first-order valence-electron chi connectivity index (χ1n) is 15.7. The number of thiophene rings is 1. The van der Waals surface area contributed by atoms with Gasteiger partial charge in [-0.3, -0.25) is 0 Å². The Labute approximate surface area is 269 Å². The Kier molecular flexibility index (Phi) is 5.51. The molecule has 0 fully saturated rings. The predicted molar refractivity (Wildman–Crippen MR) is 198 cm³/mol. The van der Waals surface area contributed by atoms with E-state index in [0.717, 1.165) is 27.7 Å². The topological polar surface area (TPSA) is 13.1 Å². The minimum absolute atomic E-state index is 0.907. The first-order chi connectivity index (χ1) is 22.8. The number of benzene rings is 8. The second-order valence-corrected chi connectivity index (χ2v) is 13.0. The van der Waals surface area contributed by atoms with E-state index >= 15 is 0 Å². The number of para-hydroxylation sites is 1. The lowest BCUT2D eigenvalue weighted by atomic mass is 9.86. The van der Waals surface area contributed by atoms with Crippen LogP contribution in [0.25, 0.3) is 97.0 Å². The summed E-state index contributed by atoms with van der Waals surface area (Å²) in [5, 5.41) is 9.81. The van der Waals surface area contributed by atoms with Gasteiger partial charge >= 0.3 is 0 Å². The normalized spacial score (nSPS) is 11.9. The lowest BCUT2D eigenvalue weighted by molar-refractivity contribution is 0.670. The van der Waals surface area contributed by atoms with E-state index in [0.29, 0.717) is 0 Å². The lowest BCUT2D eigenvalue weighted by Crippen LogP contribution is -1.90. The molecule has 0 amide bonds. The van der Waals surface area contributed by atoms with Gasteiger partial charge in [0.15, 0.2) is 0 Å². The molecule has 0 aliphatic heterocycles. The third-order valence-corrected chi connectivity index (χ3v) is 10.7. The first-order valence-corrected chi connectivity index (χ1v) is 16.5. The second-order valence-electron chi connectivity index (χ2n) is 12.0. The number of fused-ring (bicyclic) bond motifs is 8. The fourth-order valence-corrected chi connectivity index (χ4v) is 8.69. The van der Waals surface area contributed by atoms with Crippen LogP contribution < -0.4 is 0 Å². The van der Waals surface area contributed by atoms with Crippen molar-refractivity contribution in [1.82, 2.24) is 0 Å². The highest BCUT2D eigenvalue weighted by atomic mass is 32.1. The van der Waals surface area contributed by atoms with Crippen molar-refractivity contribution in [3.05, 3.63) is 158 Å². The largest absolute Gasteiger partial charge is 0.455 e. The van der Waals surface area contributed by atoms with Gasteiger partial charge in [-0.05, 0) is 56.4 Å². The summed E-state index contributed by atoms with van der Waals surface area (Å²) in [6, 6.07) is 57.0. The molecule has 0 aliphatic rings. The van der Waals surface area contributed by atoms with E-state index in [1.165, 1.54) is 69.4 Å². The molecule has 0 bridgehead atoms. The molecule has 0 saturated carbocycles. The van der Waals surface area contributed by atoms with Crippen molar-refractivity contribution in [2.75, 3.05) is 0 Å². The number of rotatable bonds is 3. The maximum absolute atomic E-state index is 6.89. The quantitative estimate of drug-likeness (QED) is 0.196. The Morgan fingerprint density at radius 1 is 0.413 bits per heavy atom. The van der Waals surface area contributed by atoms with E-state index in [-0.39, 0.29) is 0 Å². The molecule has 0 spiro atoms. The molecular weight excluding hydrogens is 577 g/mol. The van der Waals surface area contributed by atoms with Crippen molar-refractivity contribution >= 4 is 75.0 Å². The maximum atomic E-state index is 6.89. The summed E-state index contributed by atoms with van der Waals surface area (Å²) < 4.78 is 9.49. The van der Waals surface area contributed by atoms with Gasteiger partial charge in [0.05, 0.1) is 0 Å². The Morgan fingerprint density at radius 2 is 1.07 bits per heavy atom. The molecule has 2 aromatic heterocycles. The molecule has 1 nitrogen and oxygen atoms in total. The van der Waals surface area contributed by atoms with Crippen molar-refractivity contribution in [2.45, 2.75) is 0 Å². The molecular formula is C44H26OS. The highest BCUT2D eigenvalue weighted by molar-refractivity contribution is 7.26. The summed E-state index contributed by atoms with van der Waals surface area (Å²) >= 11 is 1.89. The van der Waals surface area contributed by atoms with Gasteiger partial charge in [0, 0.05) is 47.6 Å². The third kappa shape index (κ3) is 3.68. The van der Waals surface area contributed by atoms with Crippen LogP contribution in [0.4, 0.5) is 0 Å². The minimum atomic E-state index is 0.907. The lowest BCUT2D eigenvalue weighted by Gasteiger charge is -2.16. The highest BCUT2D eigenvalue weighted by Crippen LogP contribution is 2.52. The summed E-state index contributed by atoms with van der Waals surface area (Å²) in [6.07, 6.45) is 0. The third-order valence-electron chi connectivity index (χ3n) is 9.46. The van der Waals surface area contributed by atoms with Crippen molar-refractivity contribution < 1.29 is 4.42 Å². The van der Waals surface area contributed by atoms with Gasteiger partial charge in [-0.25, -0.2) is 0 Å². The van der Waals surface area contributed by atoms with E-state index in [4.69, 9.17) is 4.42 Å². The predicted octanol–water partition coefficient (Wildman–Crippen LogP) is 13.3. The average molecular weight is 603 g/mol. The molecule has 214 valence electrons. The number of hydrogen-bond donors (Lipinski definition) is 0. The van der Waals surface area contributed by atoms with Gasteiger partial charge in [-0.15, -0.1) is 11.3 Å². The van der Waals surface area contributed by atoms with Gasteiger partial charge in [-0.1, -0.05) is 140 Å². The fraction of sp³-hybridized carbons (Fsp3) is 0.